The van der Waals surface area contributed by atoms with Crippen molar-refractivity contribution in [2.24, 2.45) is 11.0 Å². The number of para-hydroxylation sites is 1. The van der Waals surface area contributed by atoms with Gasteiger partial charge in [0.25, 0.3) is 0 Å². The maximum Gasteiger partial charge on any atom is 0.123 e. The molecule has 4 heteroatoms. The standard InChI is InChI=1S/C26H22F2N2/c27-21-13-9-18(10-14-21)17-20-5-4-8-24-25(20)29-30(23-6-2-1-3-7-23)26(24)19-11-15-22(28)16-12-19/h1-3,6-7,9-17,24,26H,4-5,8H2/b20-17-. The molecule has 150 valence electrons. The maximum atomic E-state index is 13.6. The Balaban J connectivity index is 1.58. The minimum absolute atomic E-state index is 0.0277. The van der Waals surface area contributed by atoms with Crippen molar-refractivity contribution in [1.29, 1.82) is 0 Å². The van der Waals surface area contributed by atoms with E-state index in [-0.39, 0.29) is 23.6 Å². The van der Waals surface area contributed by atoms with Gasteiger partial charge in [0.1, 0.15) is 11.6 Å². The summed E-state index contributed by atoms with van der Waals surface area (Å²) in [6.07, 6.45) is 5.17. The van der Waals surface area contributed by atoms with E-state index >= 15 is 0 Å². The van der Waals surface area contributed by atoms with Crippen molar-refractivity contribution in [2.75, 3.05) is 5.01 Å². The molecule has 0 spiro atoms. The van der Waals surface area contributed by atoms with Gasteiger partial charge in [0, 0.05) is 5.92 Å². The normalized spacial score (nSPS) is 22.1. The molecule has 30 heavy (non-hydrogen) atoms. The highest BCUT2D eigenvalue weighted by atomic mass is 19.1. The molecule has 5 rings (SSSR count). The fraction of sp³-hybridized carbons (Fsp3) is 0.192. The zero-order valence-electron chi connectivity index (χ0n) is 16.5. The quantitative estimate of drug-likeness (QED) is 0.474. The number of hydrogen-bond donors (Lipinski definition) is 0. The van der Waals surface area contributed by atoms with Crippen LogP contribution >= 0.6 is 0 Å². The summed E-state index contributed by atoms with van der Waals surface area (Å²) in [5, 5.41) is 7.15. The second-order valence-electron chi connectivity index (χ2n) is 7.88. The summed E-state index contributed by atoms with van der Waals surface area (Å²) < 4.78 is 26.9. The number of allylic oxidation sites excluding steroid dienone is 1. The smallest absolute Gasteiger partial charge is 0.123 e. The summed E-state index contributed by atoms with van der Waals surface area (Å²) in [6, 6.07) is 23.5. The number of anilines is 1. The molecular weight excluding hydrogens is 378 g/mol. The maximum absolute atomic E-state index is 13.6. The first-order valence-corrected chi connectivity index (χ1v) is 10.3. The summed E-state index contributed by atoms with van der Waals surface area (Å²) >= 11 is 0. The van der Waals surface area contributed by atoms with Gasteiger partial charge in [-0.3, -0.25) is 5.01 Å². The van der Waals surface area contributed by atoms with Gasteiger partial charge in [-0.2, -0.15) is 5.10 Å². The van der Waals surface area contributed by atoms with Gasteiger partial charge in [-0.1, -0.05) is 42.5 Å². The summed E-state index contributed by atoms with van der Waals surface area (Å²) in [4.78, 5) is 0. The van der Waals surface area contributed by atoms with Gasteiger partial charge in [0.15, 0.2) is 0 Å². The average molecular weight is 400 g/mol. The third kappa shape index (κ3) is 3.54. The molecule has 2 atom stereocenters. The summed E-state index contributed by atoms with van der Waals surface area (Å²) in [6.45, 7) is 0. The third-order valence-electron chi connectivity index (χ3n) is 5.94. The van der Waals surface area contributed by atoms with E-state index in [4.69, 9.17) is 5.10 Å². The van der Waals surface area contributed by atoms with E-state index in [9.17, 15) is 8.78 Å². The van der Waals surface area contributed by atoms with Crippen LogP contribution in [0.5, 0.6) is 0 Å². The Bertz CT molecular complexity index is 1090. The number of halogens is 2. The number of hydrazone groups is 1. The van der Waals surface area contributed by atoms with Crippen molar-refractivity contribution < 1.29 is 8.78 Å². The van der Waals surface area contributed by atoms with Gasteiger partial charge in [-0.25, -0.2) is 8.78 Å². The van der Waals surface area contributed by atoms with E-state index in [1.54, 1.807) is 12.1 Å². The number of hydrogen-bond acceptors (Lipinski definition) is 2. The molecular formula is C26H22F2N2. The zero-order valence-corrected chi connectivity index (χ0v) is 16.5. The molecule has 0 aromatic heterocycles. The second-order valence-corrected chi connectivity index (χ2v) is 7.88. The van der Waals surface area contributed by atoms with Crippen LogP contribution in [0, 0.1) is 17.6 Å². The summed E-state index contributed by atoms with van der Waals surface area (Å²) in [7, 11) is 0. The van der Waals surface area contributed by atoms with Gasteiger partial charge in [0.2, 0.25) is 0 Å². The van der Waals surface area contributed by atoms with Crippen LogP contribution in [-0.2, 0) is 0 Å². The SMILES string of the molecule is Fc1ccc(/C=C2/CCCC3C2=NN(c2ccccc2)C3c2ccc(F)cc2)cc1. The highest BCUT2D eigenvalue weighted by Gasteiger charge is 2.41. The second kappa shape index (κ2) is 7.86. The van der Waals surface area contributed by atoms with Crippen LogP contribution in [0.4, 0.5) is 14.5 Å². The average Bonchev–Trinajstić information content (AvgIpc) is 3.17. The fourth-order valence-corrected chi connectivity index (χ4v) is 4.55. The van der Waals surface area contributed by atoms with Gasteiger partial charge < -0.3 is 0 Å². The van der Waals surface area contributed by atoms with E-state index in [0.717, 1.165) is 41.8 Å². The Labute approximate surface area is 175 Å². The van der Waals surface area contributed by atoms with Crippen LogP contribution < -0.4 is 5.01 Å². The van der Waals surface area contributed by atoms with Crippen LogP contribution in [-0.4, -0.2) is 5.71 Å². The topological polar surface area (TPSA) is 15.6 Å². The Morgan fingerprint density at radius 2 is 1.50 bits per heavy atom. The Morgan fingerprint density at radius 3 is 2.20 bits per heavy atom. The molecule has 2 unspecified atom stereocenters. The van der Waals surface area contributed by atoms with Gasteiger partial charge in [-0.05, 0) is 78.4 Å². The first kappa shape index (κ1) is 18.7. The molecule has 0 saturated heterocycles. The van der Waals surface area contributed by atoms with Crippen LogP contribution in [0.15, 0.2) is 89.5 Å². The molecule has 0 bridgehead atoms. The van der Waals surface area contributed by atoms with Crippen molar-refractivity contribution in [1.82, 2.24) is 0 Å². The predicted octanol–water partition coefficient (Wildman–Crippen LogP) is 6.77. The van der Waals surface area contributed by atoms with Crippen LogP contribution in [0.2, 0.25) is 0 Å². The van der Waals surface area contributed by atoms with E-state index in [1.165, 1.54) is 29.8 Å². The largest absolute Gasteiger partial charge is 0.257 e. The molecule has 0 amide bonds. The summed E-state index contributed by atoms with van der Waals surface area (Å²) in [5.41, 5.74) is 5.35. The van der Waals surface area contributed by atoms with Crippen molar-refractivity contribution >= 4 is 17.5 Å². The minimum Gasteiger partial charge on any atom is -0.257 e. The number of rotatable bonds is 3. The van der Waals surface area contributed by atoms with Gasteiger partial charge in [0.05, 0.1) is 17.4 Å². The molecule has 1 saturated carbocycles. The number of nitrogens with zero attached hydrogens (tertiary/aromatic N) is 2. The Morgan fingerprint density at radius 1 is 0.833 bits per heavy atom. The molecule has 1 aliphatic heterocycles. The van der Waals surface area contributed by atoms with Crippen LogP contribution in [0.1, 0.15) is 36.4 Å². The third-order valence-corrected chi connectivity index (χ3v) is 5.94. The van der Waals surface area contributed by atoms with E-state index in [2.05, 4.69) is 23.2 Å². The molecule has 0 N–H and O–H groups in total. The predicted molar refractivity (Wildman–Crippen MR) is 117 cm³/mol. The Kier molecular flexibility index (Phi) is 4.91. The first-order valence-electron chi connectivity index (χ1n) is 10.3. The van der Waals surface area contributed by atoms with Crippen molar-refractivity contribution in [3.05, 3.63) is 107 Å². The minimum atomic E-state index is -0.233. The molecule has 0 radical (unpaired) electrons. The molecule has 2 aliphatic rings. The molecule has 2 nitrogen and oxygen atoms in total. The lowest BCUT2D eigenvalue weighted by atomic mass is 9.77. The fourth-order valence-electron chi connectivity index (χ4n) is 4.55. The van der Waals surface area contributed by atoms with Crippen LogP contribution in [0.3, 0.4) is 0 Å². The first-order chi connectivity index (χ1) is 14.7. The van der Waals surface area contributed by atoms with Crippen molar-refractivity contribution in [2.45, 2.75) is 25.3 Å². The molecule has 3 aromatic carbocycles. The van der Waals surface area contributed by atoms with E-state index < -0.39 is 0 Å². The lowest BCUT2D eigenvalue weighted by molar-refractivity contribution is 0.487. The lowest BCUT2D eigenvalue weighted by Crippen LogP contribution is -2.28. The summed E-state index contributed by atoms with van der Waals surface area (Å²) in [5.74, 6) is -0.232. The lowest BCUT2D eigenvalue weighted by Gasteiger charge is -2.30. The van der Waals surface area contributed by atoms with E-state index in [1.807, 2.05) is 30.3 Å². The molecule has 1 aliphatic carbocycles. The zero-order chi connectivity index (χ0) is 20.5. The number of benzene rings is 3. The molecule has 1 fully saturated rings. The molecule has 1 heterocycles. The van der Waals surface area contributed by atoms with E-state index in [0.29, 0.717) is 0 Å². The van der Waals surface area contributed by atoms with Gasteiger partial charge in [-0.15, -0.1) is 0 Å². The Hall–Kier alpha value is -3.27. The van der Waals surface area contributed by atoms with Crippen molar-refractivity contribution in [3.63, 3.8) is 0 Å². The van der Waals surface area contributed by atoms with Gasteiger partial charge >= 0.3 is 0 Å². The van der Waals surface area contributed by atoms with Crippen molar-refractivity contribution in [3.8, 4) is 0 Å². The van der Waals surface area contributed by atoms with Crippen LogP contribution in [0.25, 0.3) is 6.08 Å². The monoisotopic (exact) mass is 400 g/mol. The molecule has 3 aromatic rings. The number of fused-ring (bicyclic) bond motifs is 1. The highest BCUT2D eigenvalue weighted by molar-refractivity contribution is 6.08. The highest BCUT2D eigenvalue weighted by Crippen LogP contribution is 2.46.